The first-order valence-corrected chi connectivity index (χ1v) is 4.77. The summed E-state index contributed by atoms with van der Waals surface area (Å²) in [6.45, 7) is 0. The molecule has 0 atom stereocenters. The highest BCUT2D eigenvalue weighted by atomic mass is 16.1. The number of rotatable bonds is 2. The topological polar surface area (TPSA) is 70.9 Å². The van der Waals surface area contributed by atoms with Crippen LogP contribution in [0, 0.1) is 0 Å². The van der Waals surface area contributed by atoms with Crippen molar-refractivity contribution in [2.75, 3.05) is 12.8 Å². The van der Waals surface area contributed by atoms with Crippen LogP contribution in [0.5, 0.6) is 0 Å². The highest BCUT2D eigenvalue weighted by Crippen LogP contribution is 2.20. The summed E-state index contributed by atoms with van der Waals surface area (Å²) in [5, 5.41) is 3.65. The van der Waals surface area contributed by atoms with Gasteiger partial charge < -0.3 is 16.0 Å². The van der Waals surface area contributed by atoms with Gasteiger partial charge in [-0.2, -0.15) is 0 Å². The lowest BCUT2D eigenvalue weighted by atomic mass is 10.1. The fourth-order valence-electron chi connectivity index (χ4n) is 1.61. The highest BCUT2D eigenvalue weighted by Gasteiger charge is 2.07. The van der Waals surface area contributed by atoms with Gasteiger partial charge in [-0.15, -0.1) is 0 Å². The van der Waals surface area contributed by atoms with Crippen LogP contribution in [0.1, 0.15) is 5.56 Å². The molecule has 0 saturated carbocycles. The summed E-state index contributed by atoms with van der Waals surface area (Å²) in [4.78, 5) is 14.3. The van der Waals surface area contributed by atoms with E-state index in [4.69, 9.17) is 5.73 Å². The van der Waals surface area contributed by atoms with E-state index in [0.29, 0.717) is 6.42 Å². The van der Waals surface area contributed by atoms with E-state index in [1.807, 2.05) is 24.4 Å². The summed E-state index contributed by atoms with van der Waals surface area (Å²) in [6.07, 6.45) is 2.24. The standard InChI is InChI=1S/C11H13N3O/c1-13-11(15)4-7-6-14-10-5-8(12)2-3-9(7)10/h2-3,5-6,14H,4,12H2,1H3,(H,13,15). The zero-order valence-corrected chi connectivity index (χ0v) is 8.50. The number of aromatic nitrogens is 1. The third-order valence-corrected chi connectivity index (χ3v) is 2.42. The molecular weight excluding hydrogens is 190 g/mol. The number of fused-ring (bicyclic) bond motifs is 1. The summed E-state index contributed by atoms with van der Waals surface area (Å²) < 4.78 is 0. The van der Waals surface area contributed by atoms with E-state index in [1.165, 1.54) is 0 Å². The SMILES string of the molecule is CNC(=O)Cc1c[nH]c2cc(N)ccc12. The summed E-state index contributed by atoms with van der Waals surface area (Å²) in [5.74, 6) is 0.00715. The van der Waals surface area contributed by atoms with Crippen molar-refractivity contribution >= 4 is 22.5 Å². The molecule has 0 aliphatic heterocycles. The third-order valence-electron chi connectivity index (χ3n) is 2.42. The average molecular weight is 203 g/mol. The number of H-pyrrole nitrogens is 1. The average Bonchev–Trinajstić information content (AvgIpc) is 2.60. The number of anilines is 1. The number of amides is 1. The van der Waals surface area contributed by atoms with Crippen molar-refractivity contribution in [2.45, 2.75) is 6.42 Å². The van der Waals surface area contributed by atoms with Gasteiger partial charge in [0.15, 0.2) is 0 Å². The van der Waals surface area contributed by atoms with E-state index < -0.39 is 0 Å². The lowest BCUT2D eigenvalue weighted by molar-refractivity contribution is -0.119. The number of hydrogen-bond donors (Lipinski definition) is 3. The fourth-order valence-corrected chi connectivity index (χ4v) is 1.61. The summed E-state index contributed by atoms with van der Waals surface area (Å²) in [7, 11) is 1.63. The largest absolute Gasteiger partial charge is 0.399 e. The molecule has 1 aromatic heterocycles. The van der Waals surface area contributed by atoms with Crippen LogP contribution in [0.3, 0.4) is 0 Å². The highest BCUT2D eigenvalue weighted by molar-refractivity contribution is 5.90. The molecule has 15 heavy (non-hydrogen) atoms. The minimum atomic E-state index is 0.00715. The monoisotopic (exact) mass is 203 g/mol. The molecule has 4 N–H and O–H groups in total. The molecule has 0 bridgehead atoms. The zero-order valence-electron chi connectivity index (χ0n) is 8.50. The Morgan fingerprint density at radius 2 is 2.33 bits per heavy atom. The van der Waals surface area contributed by atoms with E-state index in [1.54, 1.807) is 7.05 Å². The second kappa shape index (κ2) is 3.65. The quantitative estimate of drug-likeness (QED) is 0.638. The maximum Gasteiger partial charge on any atom is 0.224 e. The Bertz CT molecular complexity index is 502. The Morgan fingerprint density at radius 1 is 1.53 bits per heavy atom. The van der Waals surface area contributed by atoms with Crippen LogP contribution in [0.4, 0.5) is 5.69 Å². The molecule has 78 valence electrons. The van der Waals surface area contributed by atoms with Crippen molar-refractivity contribution in [1.82, 2.24) is 10.3 Å². The van der Waals surface area contributed by atoms with Gasteiger partial charge in [0.25, 0.3) is 0 Å². The first-order chi connectivity index (χ1) is 7.20. The van der Waals surface area contributed by atoms with Crippen molar-refractivity contribution in [3.63, 3.8) is 0 Å². The van der Waals surface area contributed by atoms with Crippen molar-refractivity contribution in [2.24, 2.45) is 0 Å². The summed E-state index contributed by atoms with van der Waals surface area (Å²) in [5.41, 5.74) is 8.34. The van der Waals surface area contributed by atoms with E-state index >= 15 is 0 Å². The Labute approximate surface area is 87.5 Å². The molecule has 0 unspecified atom stereocenters. The number of aromatic amines is 1. The second-order valence-electron chi connectivity index (χ2n) is 3.47. The minimum absolute atomic E-state index is 0.00715. The zero-order chi connectivity index (χ0) is 10.8. The molecule has 4 nitrogen and oxygen atoms in total. The Kier molecular flexibility index (Phi) is 2.33. The Balaban J connectivity index is 2.41. The van der Waals surface area contributed by atoms with Gasteiger partial charge in [-0.3, -0.25) is 4.79 Å². The lowest BCUT2D eigenvalue weighted by Crippen LogP contribution is -2.19. The molecule has 0 fully saturated rings. The van der Waals surface area contributed by atoms with Crippen LogP contribution in [0.2, 0.25) is 0 Å². The van der Waals surface area contributed by atoms with Crippen LogP contribution in [-0.2, 0) is 11.2 Å². The molecule has 1 aromatic carbocycles. The maximum absolute atomic E-state index is 11.2. The van der Waals surface area contributed by atoms with Crippen LogP contribution in [0.25, 0.3) is 10.9 Å². The van der Waals surface area contributed by atoms with Gasteiger partial charge in [0.1, 0.15) is 0 Å². The number of nitrogens with one attached hydrogen (secondary N) is 2. The molecule has 0 aliphatic carbocycles. The molecule has 1 heterocycles. The van der Waals surface area contributed by atoms with Gasteiger partial charge in [-0.05, 0) is 17.7 Å². The molecule has 1 amide bonds. The normalized spacial score (nSPS) is 10.5. The van der Waals surface area contributed by atoms with Gasteiger partial charge in [0, 0.05) is 29.8 Å². The van der Waals surface area contributed by atoms with Crippen LogP contribution < -0.4 is 11.1 Å². The molecule has 0 aliphatic rings. The summed E-state index contributed by atoms with van der Waals surface area (Å²) in [6, 6.07) is 5.63. The second-order valence-corrected chi connectivity index (χ2v) is 3.47. The predicted octanol–water partition coefficient (Wildman–Crippen LogP) is 1.04. The minimum Gasteiger partial charge on any atom is -0.399 e. The number of carbonyl (C=O) groups excluding carboxylic acids is 1. The number of hydrogen-bond acceptors (Lipinski definition) is 2. The van der Waals surface area contributed by atoms with Gasteiger partial charge in [-0.25, -0.2) is 0 Å². The number of nitrogen functional groups attached to an aromatic ring is 1. The van der Waals surface area contributed by atoms with Gasteiger partial charge in [0.2, 0.25) is 5.91 Å². The van der Waals surface area contributed by atoms with E-state index in [-0.39, 0.29) is 5.91 Å². The molecular formula is C11H13N3O. The van der Waals surface area contributed by atoms with Crippen molar-refractivity contribution < 1.29 is 4.79 Å². The van der Waals surface area contributed by atoms with Crippen molar-refractivity contribution in [3.8, 4) is 0 Å². The van der Waals surface area contributed by atoms with E-state index in [2.05, 4.69) is 10.3 Å². The first-order valence-electron chi connectivity index (χ1n) is 4.77. The molecule has 0 radical (unpaired) electrons. The Morgan fingerprint density at radius 3 is 3.07 bits per heavy atom. The fraction of sp³-hybridized carbons (Fsp3) is 0.182. The Hall–Kier alpha value is -1.97. The van der Waals surface area contributed by atoms with Gasteiger partial charge in [-0.1, -0.05) is 6.07 Å². The van der Waals surface area contributed by atoms with Crippen molar-refractivity contribution in [3.05, 3.63) is 30.0 Å². The van der Waals surface area contributed by atoms with Crippen LogP contribution in [-0.4, -0.2) is 17.9 Å². The smallest absolute Gasteiger partial charge is 0.224 e. The third kappa shape index (κ3) is 1.79. The van der Waals surface area contributed by atoms with Crippen LogP contribution >= 0.6 is 0 Å². The maximum atomic E-state index is 11.2. The lowest BCUT2D eigenvalue weighted by Gasteiger charge is -1.98. The molecule has 0 spiro atoms. The van der Waals surface area contributed by atoms with Crippen LogP contribution in [0.15, 0.2) is 24.4 Å². The van der Waals surface area contributed by atoms with E-state index in [9.17, 15) is 4.79 Å². The number of likely N-dealkylation sites (N-methyl/N-ethyl adjacent to an activating group) is 1. The molecule has 4 heteroatoms. The molecule has 2 rings (SSSR count). The van der Waals surface area contributed by atoms with E-state index in [0.717, 1.165) is 22.2 Å². The van der Waals surface area contributed by atoms with Gasteiger partial charge in [0.05, 0.1) is 6.42 Å². The number of nitrogens with two attached hydrogens (primary N) is 1. The molecule has 2 aromatic rings. The predicted molar refractivity (Wildman–Crippen MR) is 60.5 cm³/mol. The van der Waals surface area contributed by atoms with Crippen molar-refractivity contribution in [1.29, 1.82) is 0 Å². The first kappa shape index (κ1) is 9.58. The number of carbonyl (C=O) groups is 1. The summed E-state index contributed by atoms with van der Waals surface area (Å²) >= 11 is 0. The van der Waals surface area contributed by atoms with Gasteiger partial charge >= 0.3 is 0 Å². The number of benzene rings is 1. The molecule has 0 saturated heterocycles.